The normalized spacial score (nSPS) is 13.9. The lowest BCUT2D eigenvalue weighted by Gasteiger charge is -2.21. The van der Waals surface area contributed by atoms with Crippen LogP contribution in [-0.4, -0.2) is 13.2 Å². The molecule has 0 heterocycles. The molecule has 0 aromatic heterocycles. The largest absolute Gasteiger partial charge is 0.407 e. The zero-order valence-electron chi connectivity index (χ0n) is 8.62. The van der Waals surface area contributed by atoms with Gasteiger partial charge in [0.05, 0.1) is 0 Å². The van der Waals surface area contributed by atoms with Gasteiger partial charge in [-0.05, 0) is 37.2 Å². The summed E-state index contributed by atoms with van der Waals surface area (Å²) in [6.07, 6.45) is -4.51. The molecule has 1 atom stereocenters. The minimum absolute atomic E-state index is 0.101. The van der Waals surface area contributed by atoms with Gasteiger partial charge in [0.2, 0.25) is 0 Å². The summed E-state index contributed by atoms with van der Waals surface area (Å²) in [5.41, 5.74) is -0.0921. The van der Waals surface area contributed by atoms with Crippen LogP contribution in [0, 0.1) is 12.7 Å². The molecule has 16 heavy (non-hydrogen) atoms. The zero-order valence-corrected chi connectivity index (χ0v) is 9.38. The Hall–Kier alpha value is -0.810. The van der Waals surface area contributed by atoms with Gasteiger partial charge in [0.15, 0.2) is 0 Å². The van der Waals surface area contributed by atoms with Crippen LogP contribution in [0.5, 0.6) is 0 Å². The maximum Gasteiger partial charge on any atom is 0.407 e. The van der Waals surface area contributed by atoms with Crippen LogP contribution in [0.2, 0.25) is 5.02 Å². The molecule has 0 fully saturated rings. The topological polar surface area (TPSA) is 12.0 Å². The Morgan fingerprint density at radius 2 is 1.88 bits per heavy atom. The van der Waals surface area contributed by atoms with E-state index in [1.165, 1.54) is 13.0 Å². The van der Waals surface area contributed by atoms with E-state index in [1.807, 2.05) is 0 Å². The highest BCUT2D eigenvalue weighted by atomic mass is 35.5. The van der Waals surface area contributed by atoms with E-state index in [4.69, 9.17) is 11.6 Å². The standard InChI is InChI=1S/C10H10ClF4N/c1-5-3-7(11)6(4-8(5)12)9(16-2)10(13,14)15/h3-4,9,16H,1-2H3. The molecule has 1 rings (SSSR count). The molecule has 6 heteroatoms. The van der Waals surface area contributed by atoms with E-state index < -0.39 is 18.0 Å². The number of aryl methyl sites for hydroxylation is 1. The van der Waals surface area contributed by atoms with Crippen LogP contribution in [0.25, 0.3) is 0 Å². The lowest BCUT2D eigenvalue weighted by Crippen LogP contribution is -2.32. The molecule has 0 saturated heterocycles. The number of halogens is 5. The van der Waals surface area contributed by atoms with Crippen LogP contribution in [-0.2, 0) is 0 Å². The van der Waals surface area contributed by atoms with E-state index in [-0.39, 0.29) is 16.1 Å². The maximum atomic E-state index is 13.2. The summed E-state index contributed by atoms with van der Waals surface area (Å²) in [6.45, 7) is 1.44. The first kappa shape index (κ1) is 13.3. The van der Waals surface area contributed by atoms with Crippen molar-refractivity contribution in [3.63, 3.8) is 0 Å². The fourth-order valence-electron chi connectivity index (χ4n) is 1.38. The summed E-state index contributed by atoms with van der Waals surface area (Å²) in [4.78, 5) is 0. The van der Waals surface area contributed by atoms with Crippen molar-refractivity contribution in [3.05, 3.63) is 34.1 Å². The van der Waals surface area contributed by atoms with Crippen molar-refractivity contribution in [1.82, 2.24) is 5.32 Å². The third-order valence-electron chi connectivity index (χ3n) is 2.20. The van der Waals surface area contributed by atoms with Gasteiger partial charge < -0.3 is 5.32 Å². The zero-order chi connectivity index (χ0) is 12.5. The lowest BCUT2D eigenvalue weighted by molar-refractivity contribution is -0.156. The fraction of sp³-hybridized carbons (Fsp3) is 0.400. The number of benzene rings is 1. The van der Waals surface area contributed by atoms with Gasteiger partial charge in [0.1, 0.15) is 11.9 Å². The summed E-state index contributed by atoms with van der Waals surface area (Å²) in [5, 5.41) is 1.97. The molecule has 1 N–H and O–H groups in total. The van der Waals surface area contributed by atoms with Gasteiger partial charge >= 0.3 is 6.18 Å². The Balaban J connectivity index is 3.26. The van der Waals surface area contributed by atoms with Gasteiger partial charge in [-0.3, -0.25) is 0 Å². The molecule has 1 aromatic carbocycles. The Bertz CT molecular complexity index is 389. The number of nitrogens with one attached hydrogen (secondary N) is 1. The average Bonchev–Trinajstić information content (AvgIpc) is 2.12. The molecule has 0 aliphatic carbocycles. The minimum Gasteiger partial charge on any atom is -0.305 e. The maximum absolute atomic E-state index is 13.2. The molecule has 1 aromatic rings. The Labute approximate surface area is 95.4 Å². The van der Waals surface area contributed by atoms with Crippen LogP contribution >= 0.6 is 11.6 Å². The Morgan fingerprint density at radius 3 is 2.31 bits per heavy atom. The number of hydrogen-bond donors (Lipinski definition) is 1. The molecule has 0 spiro atoms. The minimum atomic E-state index is -4.51. The van der Waals surface area contributed by atoms with Crippen LogP contribution in [0.3, 0.4) is 0 Å². The summed E-state index contributed by atoms with van der Waals surface area (Å²) in [5.74, 6) is -0.705. The molecule has 1 nitrogen and oxygen atoms in total. The lowest BCUT2D eigenvalue weighted by atomic mass is 10.0. The van der Waals surface area contributed by atoms with Crippen molar-refractivity contribution in [3.8, 4) is 0 Å². The highest BCUT2D eigenvalue weighted by molar-refractivity contribution is 6.31. The van der Waals surface area contributed by atoms with Crippen LogP contribution < -0.4 is 5.32 Å². The monoisotopic (exact) mass is 255 g/mol. The van der Waals surface area contributed by atoms with E-state index >= 15 is 0 Å². The molecule has 90 valence electrons. The molecule has 0 aliphatic rings. The summed E-state index contributed by atoms with van der Waals surface area (Å²) < 4.78 is 50.9. The predicted octanol–water partition coefficient (Wildman–Crippen LogP) is 3.61. The van der Waals surface area contributed by atoms with Crippen molar-refractivity contribution < 1.29 is 17.6 Å². The summed E-state index contributed by atoms with van der Waals surface area (Å²) in [7, 11) is 1.15. The molecule has 0 bridgehead atoms. The first-order chi connectivity index (χ1) is 7.27. The summed E-state index contributed by atoms with van der Waals surface area (Å²) in [6, 6.07) is 0.0318. The second-order valence-electron chi connectivity index (χ2n) is 3.39. The van der Waals surface area contributed by atoms with Gasteiger partial charge in [-0.25, -0.2) is 4.39 Å². The average molecular weight is 256 g/mol. The molecule has 0 aliphatic heterocycles. The van der Waals surface area contributed by atoms with E-state index in [9.17, 15) is 17.6 Å². The molecule has 1 unspecified atom stereocenters. The van der Waals surface area contributed by atoms with Crippen molar-refractivity contribution in [2.45, 2.75) is 19.1 Å². The van der Waals surface area contributed by atoms with Crippen LogP contribution in [0.1, 0.15) is 17.2 Å². The van der Waals surface area contributed by atoms with E-state index in [2.05, 4.69) is 5.32 Å². The van der Waals surface area contributed by atoms with Crippen molar-refractivity contribution in [2.75, 3.05) is 7.05 Å². The summed E-state index contributed by atoms with van der Waals surface area (Å²) >= 11 is 5.67. The third kappa shape index (κ3) is 2.65. The van der Waals surface area contributed by atoms with E-state index in [0.717, 1.165) is 13.1 Å². The Kier molecular flexibility index (Phi) is 3.80. The number of hydrogen-bond acceptors (Lipinski definition) is 1. The predicted molar refractivity (Wildman–Crippen MR) is 54.0 cm³/mol. The SMILES string of the molecule is CNC(c1cc(F)c(C)cc1Cl)C(F)(F)F. The Morgan fingerprint density at radius 1 is 1.31 bits per heavy atom. The van der Waals surface area contributed by atoms with Crippen molar-refractivity contribution in [2.24, 2.45) is 0 Å². The number of alkyl halides is 3. The first-order valence-corrected chi connectivity index (χ1v) is 4.84. The quantitative estimate of drug-likeness (QED) is 0.796. The van der Waals surface area contributed by atoms with Gasteiger partial charge in [0, 0.05) is 5.02 Å². The van der Waals surface area contributed by atoms with Gasteiger partial charge in [-0.1, -0.05) is 11.6 Å². The van der Waals surface area contributed by atoms with E-state index in [1.54, 1.807) is 0 Å². The first-order valence-electron chi connectivity index (χ1n) is 4.47. The number of rotatable bonds is 2. The van der Waals surface area contributed by atoms with Crippen LogP contribution in [0.4, 0.5) is 17.6 Å². The molecular weight excluding hydrogens is 246 g/mol. The van der Waals surface area contributed by atoms with Gasteiger partial charge in [-0.15, -0.1) is 0 Å². The van der Waals surface area contributed by atoms with Gasteiger partial charge in [-0.2, -0.15) is 13.2 Å². The molecule has 0 saturated carbocycles. The van der Waals surface area contributed by atoms with Crippen molar-refractivity contribution >= 4 is 11.6 Å². The molecular formula is C10H10ClF4N. The molecule has 0 amide bonds. The highest BCUT2D eigenvalue weighted by Crippen LogP contribution is 2.36. The van der Waals surface area contributed by atoms with Gasteiger partial charge in [0.25, 0.3) is 0 Å². The molecule has 0 radical (unpaired) electrons. The second-order valence-corrected chi connectivity index (χ2v) is 3.79. The highest BCUT2D eigenvalue weighted by Gasteiger charge is 2.41. The van der Waals surface area contributed by atoms with Crippen molar-refractivity contribution in [1.29, 1.82) is 0 Å². The second kappa shape index (κ2) is 4.59. The fourth-order valence-corrected chi connectivity index (χ4v) is 1.71. The van der Waals surface area contributed by atoms with Crippen LogP contribution in [0.15, 0.2) is 12.1 Å². The smallest absolute Gasteiger partial charge is 0.305 e. The van der Waals surface area contributed by atoms with E-state index in [0.29, 0.717) is 0 Å². The third-order valence-corrected chi connectivity index (χ3v) is 2.53.